The first-order chi connectivity index (χ1) is 11.8. The first-order valence-electron chi connectivity index (χ1n) is 8.52. The van der Waals surface area contributed by atoms with Gasteiger partial charge in [0.25, 0.3) is 0 Å². The molecule has 0 aromatic heterocycles. The van der Waals surface area contributed by atoms with E-state index in [2.05, 4.69) is 55.5 Å². The highest BCUT2D eigenvalue weighted by Gasteiger charge is 2.31. The molecule has 0 bridgehead atoms. The van der Waals surface area contributed by atoms with Crippen LogP contribution in [0.25, 0.3) is 11.1 Å². The van der Waals surface area contributed by atoms with Gasteiger partial charge in [-0.1, -0.05) is 85.8 Å². The van der Waals surface area contributed by atoms with E-state index in [1.54, 1.807) is 0 Å². The van der Waals surface area contributed by atoms with Crippen molar-refractivity contribution in [1.82, 2.24) is 0 Å². The molecule has 2 atom stereocenters. The second-order valence-corrected chi connectivity index (χ2v) is 6.56. The van der Waals surface area contributed by atoms with E-state index < -0.39 is 0 Å². The summed E-state index contributed by atoms with van der Waals surface area (Å²) in [6.07, 6.45) is 0.552. The third-order valence-electron chi connectivity index (χ3n) is 5.21. The zero-order valence-electron chi connectivity index (χ0n) is 13.8. The van der Waals surface area contributed by atoms with E-state index in [0.717, 1.165) is 5.56 Å². The molecule has 3 aromatic rings. The SMILES string of the molecule is C[C@H]1c2ccccc2-c2ccccc2[C@@H]1CC(=O)c1ccccc1. The summed E-state index contributed by atoms with van der Waals surface area (Å²) < 4.78 is 0. The first kappa shape index (κ1) is 14.9. The van der Waals surface area contributed by atoms with Gasteiger partial charge in [-0.15, -0.1) is 0 Å². The summed E-state index contributed by atoms with van der Waals surface area (Å²) in [5, 5.41) is 0. The van der Waals surface area contributed by atoms with Crippen molar-refractivity contribution in [3.63, 3.8) is 0 Å². The Labute approximate surface area is 143 Å². The van der Waals surface area contributed by atoms with Crippen molar-refractivity contribution in [1.29, 1.82) is 0 Å². The van der Waals surface area contributed by atoms with Gasteiger partial charge in [0.05, 0.1) is 0 Å². The molecule has 0 saturated heterocycles. The zero-order valence-corrected chi connectivity index (χ0v) is 13.8. The van der Waals surface area contributed by atoms with Gasteiger partial charge in [-0.25, -0.2) is 0 Å². The largest absolute Gasteiger partial charge is 0.294 e. The maximum atomic E-state index is 12.8. The highest BCUT2D eigenvalue weighted by Crippen LogP contribution is 2.48. The standard InChI is InChI=1S/C23H20O/c1-16-18-11-5-6-12-19(18)20-13-7-8-14-21(20)22(16)15-23(24)17-9-3-2-4-10-17/h2-14,16,22H,15H2,1H3/t16-,22+/m0/s1. The van der Waals surface area contributed by atoms with E-state index in [0.29, 0.717) is 12.3 Å². The quantitative estimate of drug-likeness (QED) is 0.556. The van der Waals surface area contributed by atoms with Gasteiger partial charge in [-0.05, 0) is 34.1 Å². The lowest BCUT2D eigenvalue weighted by Crippen LogP contribution is -2.19. The molecule has 1 aliphatic rings. The van der Waals surface area contributed by atoms with Crippen molar-refractivity contribution < 1.29 is 4.79 Å². The zero-order chi connectivity index (χ0) is 16.5. The first-order valence-corrected chi connectivity index (χ1v) is 8.52. The molecule has 0 heterocycles. The normalized spacial score (nSPS) is 18.5. The van der Waals surface area contributed by atoms with Crippen LogP contribution >= 0.6 is 0 Å². The van der Waals surface area contributed by atoms with E-state index in [9.17, 15) is 4.79 Å². The minimum absolute atomic E-state index is 0.224. The maximum Gasteiger partial charge on any atom is 0.163 e. The Morgan fingerprint density at radius 3 is 2.00 bits per heavy atom. The van der Waals surface area contributed by atoms with Crippen molar-refractivity contribution in [3.8, 4) is 11.1 Å². The summed E-state index contributed by atoms with van der Waals surface area (Å²) in [6.45, 7) is 2.25. The second-order valence-electron chi connectivity index (χ2n) is 6.56. The van der Waals surface area contributed by atoms with Crippen LogP contribution in [0, 0.1) is 0 Å². The summed E-state index contributed by atoms with van der Waals surface area (Å²) in [5.74, 6) is 0.786. The minimum atomic E-state index is 0.224. The number of ketones is 1. The van der Waals surface area contributed by atoms with E-state index in [4.69, 9.17) is 0 Å². The van der Waals surface area contributed by atoms with Crippen molar-refractivity contribution in [2.45, 2.75) is 25.2 Å². The van der Waals surface area contributed by atoms with Gasteiger partial charge in [0.15, 0.2) is 5.78 Å². The van der Waals surface area contributed by atoms with Crippen LogP contribution in [0.4, 0.5) is 0 Å². The van der Waals surface area contributed by atoms with Gasteiger partial charge >= 0.3 is 0 Å². The highest BCUT2D eigenvalue weighted by atomic mass is 16.1. The number of rotatable bonds is 3. The van der Waals surface area contributed by atoms with E-state index in [1.807, 2.05) is 30.3 Å². The van der Waals surface area contributed by atoms with Gasteiger partial charge in [0.2, 0.25) is 0 Å². The Morgan fingerprint density at radius 2 is 1.29 bits per heavy atom. The number of benzene rings is 3. The molecule has 0 aliphatic heterocycles. The summed E-state index contributed by atoms with van der Waals surface area (Å²) in [5.41, 5.74) is 6.04. The smallest absolute Gasteiger partial charge is 0.163 e. The number of hydrogen-bond donors (Lipinski definition) is 0. The topological polar surface area (TPSA) is 17.1 Å². The van der Waals surface area contributed by atoms with Crippen LogP contribution in [0.1, 0.15) is 46.7 Å². The minimum Gasteiger partial charge on any atom is -0.294 e. The van der Waals surface area contributed by atoms with Crippen LogP contribution in [-0.2, 0) is 0 Å². The fourth-order valence-corrected chi connectivity index (χ4v) is 3.92. The summed E-state index contributed by atoms with van der Waals surface area (Å²) in [4.78, 5) is 12.8. The lowest BCUT2D eigenvalue weighted by molar-refractivity contribution is 0.0970. The molecule has 1 aliphatic carbocycles. The molecule has 0 amide bonds. The van der Waals surface area contributed by atoms with Crippen LogP contribution in [0.2, 0.25) is 0 Å². The van der Waals surface area contributed by atoms with E-state index in [-0.39, 0.29) is 11.7 Å². The Morgan fingerprint density at radius 1 is 0.750 bits per heavy atom. The Hall–Kier alpha value is -2.67. The number of fused-ring (bicyclic) bond motifs is 3. The van der Waals surface area contributed by atoms with Gasteiger partial charge in [0, 0.05) is 12.0 Å². The van der Waals surface area contributed by atoms with Crippen molar-refractivity contribution in [2.75, 3.05) is 0 Å². The number of Topliss-reactive ketones (excluding diaryl/α,β-unsaturated/α-hetero) is 1. The third-order valence-corrected chi connectivity index (χ3v) is 5.21. The van der Waals surface area contributed by atoms with E-state index >= 15 is 0 Å². The molecule has 24 heavy (non-hydrogen) atoms. The molecule has 1 heteroatoms. The van der Waals surface area contributed by atoms with Crippen molar-refractivity contribution in [3.05, 3.63) is 95.6 Å². The third kappa shape index (κ3) is 2.46. The van der Waals surface area contributed by atoms with Gasteiger partial charge in [0.1, 0.15) is 0 Å². The van der Waals surface area contributed by atoms with Gasteiger partial charge in [-0.2, -0.15) is 0 Å². The monoisotopic (exact) mass is 312 g/mol. The molecule has 0 saturated carbocycles. The number of hydrogen-bond acceptors (Lipinski definition) is 1. The van der Waals surface area contributed by atoms with Gasteiger partial charge < -0.3 is 0 Å². The van der Waals surface area contributed by atoms with Crippen LogP contribution in [-0.4, -0.2) is 5.78 Å². The summed E-state index contributed by atoms with van der Waals surface area (Å²) >= 11 is 0. The molecule has 1 nitrogen and oxygen atoms in total. The predicted molar refractivity (Wildman–Crippen MR) is 98.4 cm³/mol. The van der Waals surface area contributed by atoms with E-state index in [1.165, 1.54) is 22.3 Å². The molecule has 0 radical (unpaired) electrons. The molecular weight excluding hydrogens is 292 g/mol. The number of carbonyl (C=O) groups is 1. The molecule has 0 unspecified atom stereocenters. The summed E-state index contributed by atoms with van der Waals surface area (Å²) in [7, 11) is 0. The second kappa shape index (κ2) is 6.09. The molecule has 0 N–H and O–H groups in total. The molecule has 0 fully saturated rings. The van der Waals surface area contributed by atoms with Crippen LogP contribution in [0.5, 0.6) is 0 Å². The maximum absolute atomic E-state index is 12.8. The van der Waals surface area contributed by atoms with Crippen LogP contribution < -0.4 is 0 Å². The fraction of sp³-hybridized carbons (Fsp3) is 0.174. The fourth-order valence-electron chi connectivity index (χ4n) is 3.92. The predicted octanol–water partition coefficient (Wildman–Crippen LogP) is 5.83. The molecule has 4 rings (SSSR count). The summed E-state index contributed by atoms with van der Waals surface area (Å²) in [6, 6.07) is 26.8. The average molecular weight is 312 g/mol. The van der Waals surface area contributed by atoms with Crippen molar-refractivity contribution in [2.24, 2.45) is 0 Å². The Balaban J connectivity index is 1.75. The highest BCUT2D eigenvalue weighted by molar-refractivity contribution is 5.97. The van der Waals surface area contributed by atoms with Crippen molar-refractivity contribution >= 4 is 5.78 Å². The van der Waals surface area contributed by atoms with Crippen LogP contribution in [0.15, 0.2) is 78.9 Å². The lowest BCUT2D eigenvalue weighted by Gasteiger charge is -2.33. The Bertz CT molecular complexity index is 879. The van der Waals surface area contributed by atoms with Crippen LogP contribution in [0.3, 0.4) is 0 Å². The molecular formula is C23H20O. The molecule has 0 spiro atoms. The molecule has 118 valence electrons. The van der Waals surface area contributed by atoms with Gasteiger partial charge in [-0.3, -0.25) is 4.79 Å². The lowest BCUT2D eigenvalue weighted by atomic mass is 9.70. The molecule has 3 aromatic carbocycles. The average Bonchev–Trinajstić information content (AvgIpc) is 2.65. The Kier molecular flexibility index (Phi) is 3.78. The number of carbonyl (C=O) groups excluding carboxylic acids is 1.